The molecule has 0 aliphatic rings. The van der Waals surface area contributed by atoms with Gasteiger partial charge in [0.05, 0.1) is 16.5 Å². The molecule has 0 radical (unpaired) electrons. The molecule has 0 aliphatic carbocycles. The molecule has 0 saturated carbocycles. The molecule has 0 amide bonds. The molecule has 1 unspecified atom stereocenters. The first-order valence-electron chi connectivity index (χ1n) is 10.2. The molecule has 33 heavy (non-hydrogen) atoms. The third kappa shape index (κ3) is 6.41. The van der Waals surface area contributed by atoms with Crippen LogP contribution in [0.4, 0.5) is 0 Å². The predicted octanol–water partition coefficient (Wildman–Crippen LogP) is 5.99. The van der Waals surface area contributed by atoms with E-state index in [-0.39, 0.29) is 11.5 Å². The predicted molar refractivity (Wildman–Crippen MR) is 133 cm³/mol. The number of hydrogen-bond acceptors (Lipinski definition) is 5. The van der Waals surface area contributed by atoms with Crippen LogP contribution >= 0.6 is 23.4 Å². The fourth-order valence-corrected chi connectivity index (χ4v) is 5.86. The topological polar surface area (TPSA) is 63.7 Å². The Bertz CT molecular complexity index is 1210. The maximum absolute atomic E-state index is 13.7. The van der Waals surface area contributed by atoms with Gasteiger partial charge >= 0.3 is 5.97 Å². The highest BCUT2D eigenvalue weighted by Gasteiger charge is 2.36. The monoisotopic (exact) mass is 501 g/mol. The van der Waals surface area contributed by atoms with Gasteiger partial charge in [-0.3, -0.25) is 0 Å². The van der Waals surface area contributed by atoms with Gasteiger partial charge in [0.15, 0.2) is 5.37 Å². The van der Waals surface area contributed by atoms with Gasteiger partial charge in [-0.05, 0) is 49.8 Å². The second kappa shape index (κ2) is 11.4. The van der Waals surface area contributed by atoms with Crippen molar-refractivity contribution in [2.75, 3.05) is 6.61 Å². The van der Waals surface area contributed by atoms with Crippen molar-refractivity contribution < 1.29 is 17.9 Å². The molecule has 0 heterocycles. The molecular formula is C25H24ClNO4S2. The molecule has 1 atom stereocenters. The van der Waals surface area contributed by atoms with Crippen LogP contribution in [0.1, 0.15) is 18.1 Å². The van der Waals surface area contributed by atoms with Gasteiger partial charge in [-0.1, -0.05) is 83.5 Å². The molecule has 8 heteroatoms. The maximum Gasteiger partial charge on any atom is 0.340 e. The summed E-state index contributed by atoms with van der Waals surface area (Å²) in [6.45, 7) is 3.66. The first-order chi connectivity index (χ1) is 15.8. The number of hydrogen-bond donors (Lipinski definition) is 0. The highest BCUT2D eigenvalue weighted by molar-refractivity contribution is 8.01. The Hall–Kier alpha value is -2.74. The Morgan fingerprint density at radius 2 is 1.67 bits per heavy atom. The number of esters is 1. The normalized spacial score (nSPS) is 12.5. The van der Waals surface area contributed by atoms with Crippen molar-refractivity contribution in [1.29, 1.82) is 0 Å². The van der Waals surface area contributed by atoms with Gasteiger partial charge in [0.2, 0.25) is 0 Å². The molecule has 5 nitrogen and oxygen atoms in total. The second-order valence-electron chi connectivity index (χ2n) is 7.03. The number of ether oxygens (including phenoxy) is 1. The number of carbonyl (C=O) groups is 1. The van der Waals surface area contributed by atoms with Gasteiger partial charge in [-0.25, -0.2) is 17.5 Å². The Labute approximate surface area is 204 Å². The number of thioether (sulfide) groups is 1. The van der Waals surface area contributed by atoms with E-state index in [1.807, 2.05) is 37.3 Å². The second-order valence-corrected chi connectivity index (χ2v) is 10.4. The number of aryl methyl sites for hydroxylation is 1. The Morgan fingerprint density at radius 3 is 2.30 bits per heavy atom. The van der Waals surface area contributed by atoms with E-state index in [1.165, 1.54) is 18.3 Å². The van der Waals surface area contributed by atoms with E-state index >= 15 is 0 Å². The number of sulfonamides is 1. The number of carbonyl (C=O) groups excluding carboxylic acids is 1. The molecular weight excluding hydrogens is 478 g/mol. The first kappa shape index (κ1) is 24.9. The van der Waals surface area contributed by atoms with Gasteiger partial charge in [0.1, 0.15) is 0 Å². The Kier molecular flexibility index (Phi) is 8.61. The molecule has 3 aromatic carbocycles. The third-order valence-electron chi connectivity index (χ3n) is 4.60. The summed E-state index contributed by atoms with van der Waals surface area (Å²) in [4.78, 5) is 13.7. The molecule has 3 aromatic rings. The summed E-state index contributed by atoms with van der Waals surface area (Å²) in [6, 6.07) is 22.7. The van der Waals surface area contributed by atoms with E-state index in [0.717, 1.165) is 27.2 Å². The molecule has 0 N–H and O–H groups in total. The quantitative estimate of drug-likeness (QED) is 0.205. The molecule has 0 aromatic heterocycles. The number of nitrogens with zero attached hydrogens (tertiary/aromatic N) is 1. The van der Waals surface area contributed by atoms with Gasteiger partial charge in [-0.2, -0.15) is 0 Å². The average Bonchev–Trinajstić information content (AvgIpc) is 2.80. The first-order valence-corrected chi connectivity index (χ1v) is 12.9. The molecule has 0 spiro atoms. The molecule has 0 saturated heterocycles. The zero-order valence-electron chi connectivity index (χ0n) is 18.2. The summed E-state index contributed by atoms with van der Waals surface area (Å²) in [7, 11) is -4.10. The van der Waals surface area contributed by atoms with Crippen LogP contribution in [-0.2, 0) is 19.6 Å². The minimum Gasteiger partial charge on any atom is -0.464 e. The van der Waals surface area contributed by atoms with Gasteiger partial charge < -0.3 is 4.74 Å². The Morgan fingerprint density at radius 1 is 1.03 bits per heavy atom. The summed E-state index contributed by atoms with van der Waals surface area (Å²) >= 11 is 7.34. The zero-order chi connectivity index (χ0) is 23.8. The summed E-state index contributed by atoms with van der Waals surface area (Å²) in [6.07, 6.45) is 3.04. The van der Waals surface area contributed by atoms with Gasteiger partial charge in [0, 0.05) is 11.1 Å². The van der Waals surface area contributed by atoms with Crippen molar-refractivity contribution >= 4 is 45.4 Å². The smallest absolute Gasteiger partial charge is 0.340 e. The van der Waals surface area contributed by atoms with Crippen LogP contribution in [0.2, 0.25) is 5.02 Å². The third-order valence-corrected chi connectivity index (χ3v) is 8.19. The summed E-state index contributed by atoms with van der Waals surface area (Å²) < 4.78 is 33.7. The lowest BCUT2D eigenvalue weighted by Crippen LogP contribution is -2.40. The molecule has 0 bridgehead atoms. The molecule has 172 valence electrons. The van der Waals surface area contributed by atoms with Crippen LogP contribution in [0.5, 0.6) is 0 Å². The van der Waals surface area contributed by atoms with Crippen LogP contribution in [0.15, 0.2) is 94.9 Å². The lowest BCUT2D eigenvalue weighted by Gasteiger charge is -2.28. The fraction of sp³-hybridized carbons (Fsp3) is 0.160. The van der Waals surface area contributed by atoms with Crippen LogP contribution in [0.25, 0.3) is 6.08 Å². The van der Waals surface area contributed by atoms with Crippen molar-refractivity contribution in [3.05, 3.63) is 101 Å². The van der Waals surface area contributed by atoms with Crippen molar-refractivity contribution in [3.8, 4) is 0 Å². The van der Waals surface area contributed by atoms with E-state index in [2.05, 4.69) is 0 Å². The van der Waals surface area contributed by atoms with Crippen LogP contribution in [0.3, 0.4) is 0 Å². The average molecular weight is 502 g/mol. The van der Waals surface area contributed by atoms with Gasteiger partial charge in [0.25, 0.3) is 10.0 Å². The van der Waals surface area contributed by atoms with Crippen molar-refractivity contribution in [2.45, 2.75) is 29.0 Å². The Balaban J connectivity index is 2.12. The van der Waals surface area contributed by atoms with Crippen LogP contribution in [-0.4, -0.2) is 30.7 Å². The van der Waals surface area contributed by atoms with Crippen molar-refractivity contribution in [1.82, 2.24) is 4.31 Å². The maximum atomic E-state index is 13.7. The highest BCUT2D eigenvalue weighted by Crippen LogP contribution is 2.35. The fourth-order valence-electron chi connectivity index (χ4n) is 2.92. The van der Waals surface area contributed by atoms with Gasteiger partial charge in [-0.15, -0.1) is 0 Å². The van der Waals surface area contributed by atoms with Crippen LogP contribution in [0, 0.1) is 6.92 Å². The minimum atomic E-state index is -4.10. The lowest BCUT2D eigenvalue weighted by atomic mass is 10.2. The van der Waals surface area contributed by atoms with E-state index in [9.17, 15) is 13.2 Å². The number of rotatable bonds is 9. The van der Waals surface area contributed by atoms with Crippen molar-refractivity contribution in [3.63, 3.8) is 0 Å². The van der Waals surface area contributed by atoms with Crippen molar-refractivity contribution in [2.24, 2.45) is 0 Å². The summed E-state index contributed by atoms with van der Waals surface area (Å²) in [5.41, 5.74) is 1.71. The minimum absolute atomic E-state index is 0.0693. The van der Waals surface area contributed by atoms with E-state index in [4.69, 9.17) is 16.3 Å². The lowest BCUT2D eigenvalue weighted by molar-refractivity contribution is -0.144. The molecule has 3 rings (SSSR count). The zero-order valence-corrected chi connectivity index (χ0v) is 20.6. The number of benzene rings is 3. The van der Waals surface area contributed by atoms with E-state index in [1.54, 1.807) is 49.4 Å². The number of halogens is 1. The standard InChI is InChI=1S/C25H24ClNO4S2/c1-3-31-25(28)24(32-23-12-8-7-11-22(23)26)27(18-17-20-9-5-4-6-10-20)33(29,30)21-15-13-19(2)14-16-21/h4-18,24H,3H2,1-2H3/b18-17+. The molecule has 0 aliphatic heterocycles. The largest absolute Gasteiger partial charge is 0.464 e. The van der Waals surface area contributed by atoms with Crippen LogP contribution < -0.4 is 0 Å². The SMILES string of the molecule is CCOC(=O)C(Sc1ccccc1Cl)N(/C=C/c1ccccc1)S(=O)(=O)c1ccc(C)cc1. The van der Waals surface area contributed by atoms with E-state index in [0.29, 0.717) is 9.92 Å². The van der Waals surface area contributed by atoms with E-state index < -0.39 is 21.4 Å². The highest BCUT2D eigenvalue weighted by atomic mass is 35.5. The summed E-state index contributed by atoms with van der Waals surface area (Å²) in [5, 5.41) is -0.812. The molecule has 0 fully saturated rings. The summed E-state index contributed by atoms with van der Waals surface area (Å²) in [5.74, 6) is -0.684.